The van der Waals surface area contributed by atoms with Crippen molar-refractivity contribution in [2.24, 2.45) is 0 Å². The Morgan fingerprint density at radius 3 is 1.40 bits per heavy atom. The quantitative estimate of drug-likeness (QED) is 0.106. The molecule has 5 heterocycles. The Morgan fingerprint density at radius 1 is 0.600 bits per heavy atom. The first-order valence-corrected chi connectivity index (χ1v) is 18.1. The van der Waals surface area contributed by atoms with Crippen molar-refractivity contribution < 1.29 is 41.9 Å². The zero-order valence-corrected chi connectivity index (χ0v) is 33.5. The Morgan fingerprint density at radius 2 is 1.03 bits per heavy atom. The van der Waals surface area contributed by atoms with E-state index in [2.05, 4.69) is 62.0 Å². The second-order valence-corrected chi connectivity index (χ2v) is 13.0. The van der Waals surface area contributed by atoms with Gasteiger partial charge in [0.25, 0.3) is 0 Å². The minimum atomic E-state index is -1.25. The molecule has 10 nitrogen and oxygen atoms in total. The van der Waals surface area contributed by atoms with Crippen LogP contribution in [0.4, 0.5) is 13.2 Å². The molecule has 0 bridgehead atoms. The molecule has 0 amide bonds. The van der Waals surface area contributed by atoms with Gasteiger partial charge in [0.2, 0.25) is 0 Å². The van der Waals surface area contributed by atoms with E-state index in [1.165, 1.54) is 55.7 Å². The summed E-state index contributed by atoms with van der Waals surface area (Å²) in [6, 6.07) is 25.2. The van der Waals surface area contributed by atoms with Gasteiger partial charge in [0.15, 0.2) is 5.78 Å². The van der Waals surface area contributed by atoms with Crippen LogP contribution in [0, 0.1) is 23.6 Å². The van der Waals surface area contributed by atoms with E-state index in [1.54, 1.807) is 117 Å². The normalized spacial score (nSPS) is 10.8. The van der Waals surface area contributed by atoms with Crippen LogP contribution in [0.2, 0.25) is 0 Å². The molecule has 298 valence electrons. The molecule has 8 rings (SSSR count). The number of aliphatic hydroxyl groups is 1. The Bertz CT molecular complexity index is 2420. The predicted molar refractivity (Wildman–Crippen MR) is 223 cm³/mol. The van der Waals surface area contributed by atoms with Gasteiger partial charge < -0.3 is 10.1 Å². The first-order valence-electron chi connectivity index (χ1n) is 17.3. The van der Waals surface area contributed by atoms with Crippen LogP contribution in [0.15, 0.2) is 164 Å². The van der Waals surface area contributed by atoms with Gasteiger partial charge in [-0.3, -0.25) is 34.7 Å². The van der Waals surface area contributed by atoms with Gasteiger partial charge in [-0.15, -0.1) is 12.4 Å². The first-order chi connectivity index (χ1) is 28.0. The second-order valence-electron chi connectivity index (χ2n) is 12.2. The van der Waals surface area contributed by atoms with Crippen LogP contribution in [0.25, 0.3) is 33.8 Å². The van der Waals surface area contributed by atoms with Gasteiger partial charge in [-0.2, -0.15) is 0 Å². The monoisotopic (exact) mass is 864 g/mol. The van der Waals surface area contributed by atoms with Gasteiger partial charge in [-0.25, -0.2) is 18.2 Å². The van der Waals surface area contributed by atoms with Gasteiger partial charge in [0, 0.05) is 47.2 Å². The SMILES string of the molecule is C.CC(=O)c1ccncc1.CC(O)(c1ccncc1)c1cnc(-c2ccc(F)cc2)cn1.Fc1ccc(-c2cn[c-]cn2)cc1.Fc1ccc(-c2cnc(Br)cn2)cc1.[Li+]. The molecule has 3 aromatic carbocycles. The van der Waals surface area contributed by atoms with E-state index in [0.717, 1.165) is 28.1 Å². The third kappa shape index (κ3) is 14.5. The largest absolute Gasteiger partial charge is 1.00 e. The fourth-order valence-electron chi connectivity index (χ4n) is 4.88. The number of nitrogens with zero attached hydrogens (tertiary/aromatic N) is 8. The molecule has 8 aromatic rings. The summed E-state index contributed by atoms with van der Waals surface area (Å²) in [6.07, 6.45) is 18.4. The molecule has 5 aromatic heterocycles. The molecule has 0 aliphatic heterocycles. The van der Waals surface area contributed by atoms with Crippen LogP contribution in [0.1, 0.15) is 42.9 Å². The van der Waals surface area contributed by atoms with E-state index in [1.807, 2.05) is 0 Å². The van der Waals surface area contributed by atoms with Crippen LogP contribution < -0.4 is 18.9 Å². The number of carbonyl (C=O) groups is 1. The average molecular weight is 866 g/mol. The summed E-state index contributed by atoms with van der Waals surface area (Å²) in [6.45, 7) is 3.19. The molecule has 0 spiro atoms. The average Bonchev–Trinajstić information content (AvgIpc) is 3.26. The molecule has 0 fully saturated rings. The third-order valence-corrected chi connectivity index (χ3v) is 8.45. The van der Waals surface area contributed by atoms with Crippen molar-refractivity contribution in [2.45, 2.75) is 26.9 Å². The molecule has 0 aliphatic rings. The van der Waals surface area contributed by atoms with Gasteiger partial charge >= 0.3 is 18.9 Å². The van der Waals surface area contributed by atoms with Gasteiger partial charge in [-0.1, -0.05) is 19.6 Å². The van der Waals surface area contributed by atoms with E-state index >= 15 is 0 Å². The minimum Gasteiger partial charge on any atom is -0.455 e. The summed E-state index contributed by atoms with van der Waals surface area (Å²) in [5.41, 5.74) is 5.12. The Labute approximate surface area is 366 Å². The number of carbonyl (C=O) groups excluding carboxylic acids is 1. The number of halogens is 4. The van der Waals surface area contributed by atoms with E-state index in [4.69, 9.17) is 0 Å². The number of hydrogen-bond acceptors (Lipinski definition) is 10. The molecule has 0 radical (unpaired) electrons. The van der Waals surface area contributed by atoms with E-state index in [-0.39, 0.29) is 49.5 Å². The molecule has 0 saturated carbocycles. The van der Waals surface area contributed by atoms with Crippen molar-refractivity contribution >= 4 is 21.7 Å². The van der Waals surface area contributed by atoms with Crippen molar-refractivity contribution in [2.75, 3.05) is 0 Å². The van der Waals surface area contributed by atoms with E-state index < -0.39 is 5.60 Å². The summed E-state index contributed by atoms with van der Waals surface area (Å²) >= 11 is 3.20. The third-order valence-electron chi connectivity index (χ3n) is 8.04. The van der Waals surface area contributed by atoms with Crippen LogP contribution >= 0.6 is 15.9 Å². The molecular formula is C45H37BrF3LiN8O2. The van der Waals surface area contributed by atoms with Crippen LogP contribution in [-0.4, -0.2) is 50.8 Å². The maximum atomic E-state index is 12.9. The summed E-state index contributed by atoms with van der Waals surface area (Å²) in [4.78, 5) is 43.0. The van der Waals surface area contributed by atoms with Gasteiger partial charge in [0.05, 0.1) is 41.9 Å². The fraction of sp³-hybridized carbons (Fsp3) is 0.0889. The van der Waals surface area contributed by atoms with Crippen molar-refractivity contribution in [3.63, 3.8) is 0 Å². The number of pyridine rings is 2. The summed E-state index contributed by atoms with van der Waals surface area (Å²) in [5, 5.41) is 10.7. The van der Waals surface area contributed by atoms with E-state index in [0.29, 0.717) is 27.1 Å². The zero-order chi connectivity index (χ0) is 41.3. The van der Waals surface area contributed by atoms with Crippen molar-refractivity contribution in [1.82, 2.24) is 39.9 Å². The molecule has 0 aliphatic carbocycles. The maximum Gasteiger partial charge on any atom is 1.00 e. The van der Waals surface area contributed by atoms with E-state index in [9.17, 15) is 23.1 Å². The topological polar surface area (TPSA) is 140 Å². The van der Waals surface area contributed by atoms with Gasteiger partial charge in [0.1, 0.15) is 27.7 Å². The fourth-order valence-corrected chi connectivity index (χ4v) is 5.08. The minimum absolute atomic E-state index is 0. The molecule has 60 heavy (non-hydrogen) atoms. The summed E-state index contributed by atoms with van der Waals surface area (Å²) in [5.74, 6) is -0.718. The van der Waals surface area contributed by atoms with Crippen LogP contribution in [0.5, 0.6) is 0 Å². The Balaban J connectivity index is 0.000000222. The number of benzene rings is 3. The summed E-state index contributed by atoms with van der Waals surface area (Å²) < 4.78 is 38.8. The van der Waals surface area contributed by atoms with Gasteiger partial charge in [-0.05, 0) is 132 Å². The maximum absolute atomic E-state index is 12.9. The Hall–Kier alpha value is -6.30. The van der Waals surface area contributed by atoms with Crippen LogP contribution in [-0.2, 0) is 5.60 Å². The Kier molecular flexibility index (Phi) is 19.2. The van der Waals surface area contributed by atoms with Crippen LogP contribution in [0.3, 0.4) is 0 Å². The van der Waals surface area contributed by atoms with Crippen molar-refractivity contribution in [3.05, 3.63) is 204 Å². The molecular weight excluding hydrogens is 828 g/mol. The number of hydrogen-bond donors (Lipinski definition) is 1. The standard InChI is InChI=1S/C17H14FN3O.C10H6BrFN2.C10H6FN2.C7H7NO.CH4.Li/c1-17(22,13-6-8-19-9-7-13)16-11-20-15(10-21-16)12-2-4-14(18)5-3-12;11-10-6-13-9(5-14-10)7-1-3-8(12)4-2-7;11-9-3-1-8(2-4-9)10-7-12-5-6-13-10;1-6(9)7-2-4-8-5-3-7;;/h2-11,22H,1H3;1-6H;1-4,6-7H;2-5H,1H3;1H4;/q;;-1;;;+1. The number of Topliss-reactive ketones (excluding diaryl/α,β-unsaturated/α-hetero) is 1. The first kappa shape index (κ1) is 48.1. The van der Waals surface area contributed by atoms with Crippen molar-refractivity contribution in [3.8, 4) is 33.8 Å². The molecule has 0 saturated heterocycles. The number of rotatable bonds is 6. The smallest absolute Gasteiger partial charge is 0.455 e. The molecule has 1 atom stereocenters. The molecule has 1 unspecified atom stereocenters. The number of ketones is 1. The molecule has 15 heteroatoms. The predicted octanol–water partition coefficient (Wildman–Crippen LogP) is 6.99. The zero-order valence-electron chi connectivity index (χ0n) is 32.0. The van der Waals surface area contributed by atoms with Crippen molar-refractivity contribution in [1.29, 1.82) is 0 Å². The molecule has 1 N–H and O–H groups in total. The summed E-state index contributed by atoms with van der Waals surface area (Å²) in [7, 11) is 0. The second kappa shape index (κ2) is 23.9. The number of aromatic nitrogens is 8.